The molecule has 2 atom stereocenters. The minimum absolute atomic E-state index is 0.127. The Bertz CT molecular complexity index is 1220. The van der Waals surface area contributed by atoms with Gasteiger partial charge in [-0.15, -0.1) is 0 Å². The second kappa shape index (κ2) is 11.4. The van der Waals surface area contributed by atoms with Crippen LogP contribution in [0.15, 0.2) is 77.0 Å². The number of pyridine rings is 1. The number of aromatic nitrogens is 3. The van der Waals surface area contributed by atoms with E-state index in [1.165, 1.54) is 29.4 Å². The van der Waals surface area contributed by atoms with E-state index in [-0.39, 0.29) is 6.17 Å². The molecule has 182 valence electrons. The summed E-state index contributed by atoms with van der Waals surface area (Å²) >= 11 is 0. The molecule has 0 spiro atoms. The molecule has 7 nitrogen and oxygen atoms in total. The van der Waals surface area contributed by atoms with Crippen molar-refractivity contribution >= 4 is 16.5 Å². The summed E-state index contributed by atoms with van der Waals surface area (Å²) in [4.78, 5) is 4.43. The fourth-order valence-electron chi connectivity index (χ4n) is 4.97. The highest BCUT2D eigenvalue weighted by atomic mass is 16.5. The van der Waals surface area contributed by atoms with Gasteiger partial charge in [0.25, 0.3) is 0 Å². The summed E-state index contributed by atoms with van der Waals surface area (Å²) in [5.41, 5.74) is 5.82. The molecule has 0 amide bonds. The third kappa shape index (κ3) is 6.03. The lowest BCUT2D eigenvalue weighted by molar-refractivity contribution is 0.141. The van der Waals surface area contributed by atoms with Gasteiger partial charge in [-0.25, -0.2) is 0 Å². The summed E-state index contributed by atoms with van der Waals surface area (Å²) < 4.78 is 7.68. The molecular formula is C28H34N6O. The summed E-state index contributed by atoms with van der Waals surface area (Å²) in [6, 6.07) is 10.6. The number of fused-ring (bicyclic) bond motifs is 1. The summed E-state index contributed by atoms with van der Waals surface area (Å²) in [6.45, 7) is 2.76. The van der Waals surface area contributed by atoms with Crippen molar-refractivity contribution < 1.29 is 4.74 Å². The number of azo groups is 1. The second-order valence-electron chi connectivity index (χ2n) is 9.42. The van der Waals surface area contributed by atoms with Crippen molar-refractivity contribution in [3.63, 3.8) is 0 Å². The van der Waals surface area contributed by atoms with Gasteiger partial charge < -0.3 is 10.1 Å². The van der Waals surface area contributed by atoms with Gasteiger partial charge in [0.1, 0.15) is 0 Å². The molecule has 0 saturated carbocycles. The molecular weight excluding hydrogens is 436 g/mol. The maximum atomic E-state index is 5.60. The standard InChI is InChI=1S/C28H34N6O/c1-29-33-28-24(8-6-22-7-9-27-23(16-22)5-2-12-30-27)17-25(18-31-28)26-19-32-34(20-26)13-10-21-4-3-14-35-15-11-21/h2,5,7,9,12,16-21,28,31H,3-4,6,8,10-11,13-15H2,1H3. The maximum absolute atomic E-state index is 5.60. The maximum Gasteiger partial charge on any atom is 0.161 e. The Morgan fingerprint density at radius 2 is 2.14 bits per heavy atom. The van der Waals surface area contributed by atoms with Gasteiger partial charge in [-0.1, -0.05) is 12.1 Å². The summed E-state index contributed by atoms with van der Waals surface area (Å²) in [6.07, 6.45) is 16.7. The molecule has 1 fully saturated rings. The zero-order chi connectivity index (χ0) is 23.9. The molecule has 35 heavy (non-hydrogen) atoms. The van der Waals surface area contributed by atoms with Crippen molar-refractivity contribution in [2.45, 2.75) is 51.2 Å². The minimum atomic E-state index is -0.127. The van der Waals surface area contributed by atoms with E-state index in [0.29, 0.717) is 0 Å². The number of hydrogen-bond acceptors (Lipinski definition) is 6. The van der Waals surface area contributed by atoms with Crippen LogP contribution in [0.5, 0.6) is 0 Å². The average Bonchev–Trinajstić information content (AvgIpc) is 3.21. The number of ether oxygens (including phenoxy) is 1. The van der Waals surface area contributed by atoms with Crippen LogP contribution < -0.4 is 5.32 Å². The molecule has 0 radical (unpaired) electrons. The molecule has 0 aliphatic carbocycles. The zero-order valence-electron chi connectivity index (χ0n) is 20.4. The molecule has 5 rings (SSSR count). The first-order chi connectivity index (χ1) is 17.3. The van der Waals surface area contributed by atoms with E-state index in [0.717, 1.165) is 68.0 Å². The Labute approximate surface area is 207 Å². The topological polar surface area (TPSA) is 76.7 Å². The molecule has 2 aliphatic rings. The summed E-state index contributed by atoms with van der Waals surface area (Å²) in [7, 11) is 1.72. The van der Waals surface area contributed by atoms with E-state index in [1.807, 2.05) is 24.7 Å². The fraction of sp³-hybridized carbons (Fsp3) is 0.429. The molecule has 1 aromatic carbocycles. The molecule has 2 unspecified atom stereocenters. The number of allylic oxidation sites excluding steroid dienone is 2. The lowest BCUT2D eigenvalue weighted by Crippen LogP contribution is -2.27. The number of aryl methyl sites for hydroxylation is 2. The van der Waals surface area contributed by atoms with Gasteiger partial charge in [-0.3, -0.25) is 9.67 Å². The van der Waals surface area contributed by atoms with Crippen molar-refractivity contribution in [1.82, 2.24) is 20.1 Å². The zero-order valence-corrected chi connectivity index (χ0v) is 20.4. The predicted molar refractivity (Wildman–Crippen MR) is 139 cm³/mol. The summed E-state index contributed by atoms with van der Waals surface area (Å²) in [5.74, 6) is 0.735. The van der Waals surface area contributed by atoms with Crippen LogP contribution in [0.3, 0.4) is 0 Å². The van der Waals surface area contributed by atoms with E-state index >= 15 is 0 Å². The highest BCUT2D eigenvalue weighted by Crippen LogP contribution is 2.27. The van der Waals surface area contributed by atoms with Crippen molar-refractivity contribution in [2.24, 2.45) is 16.1 Å². The Morgan fingerprint density at radius 1 is 1.17 bits per heavy atom. The fourth-order valence-corrected chi connectivity index (χ4v) is 4.97. The molecule has 2 aliphatic heterocycles. The first kappa shape index (κ1) is 23.4. The number of benzene rings is 1. The third-order valence-corrected chi connectivity index (χ3v) is 6.99. The number of hydrogen-bond donors (Lipinski definition) is 1. The van der Waals surface area contributed by atoms with E-state index in [2.05, 4.69) is 66.8 Å². The number of nitrogens with zero attached hydrogens (tertiary/aromatic N) is 5. The smallest absolute Gasteiger partial charge is 0.161 e. The Hall–Kier alpha value is -3.32. The van der Waals surface area contributed by atoms with Crippen LogP contribution in [0, 0.1) is 5.92 Å². The monoisotopic (exact) mass is 470 g/mol. The van der Waals surface area contributed by atoms with Crippen molar-refractivity contribution in [1.29, 1.82) is 0 Å². The van der Waals surface area contributed by atoms with Crippen LogP contribution in [0.2, 0.25) is 0 Å². The van der Waals surface area contributed by atoms with Gasteiger partial charge in [0.2, 0.25) is 0 Å². The Kier molecular flexibility index (Phi) is 7.63. The Balaban J connectivity index is 1.25. The van der Waals surface area contributed by atoms with E-state index in [4.69, 9.17) is 4.74 Å². The van der Waals surface area contributed by atoms with Gasteiger partial charge in [0.15, 0.2) is 6.17 Å². The van der Waals surface area contributed by atoms with Crippen LogP contribution in [0.25, 0.3) is 16.5 Å². The second-order valence-corrected chi connectivity index (χ2v) is 9.42. The highest BCUT2D eigenvalue weighted by molar-refractivity contribution is 5.79. The Morgan fingerprint density at radius 3 is 3.09 bits per heavy atom. The minimum Gasteiger partial charge on any atom is -0.381 e. The molecule has 3 aromatic rings. The van der Waals surface area contributed by atoms with Crippen molar-refractivity contribution in [3.05, 3.63) is 77.9 Å². The SMILES string of the molecule is CN=NC1NC=C(c2cnn(CCC3CCCOCC3)c2)C=C1CCc1ccc2ncccc2c1. The average molecular weight is 471 g/mol. The van der Waals surface area contributed by atoms with Crippen LogP contribution >= 0.6 is 0 Å². The van der Waals surface area contributed by atoms with Gasteiger partial charge in [-0.05, 0) is 79.9 Å². The van der Waals surface area contributed by atoms with Crippen LogP contribution in [-0.2, 0) is 17.7 Å². The lowest BCUT2D eigenvalue weighted by atomic mass is 9.96. The predicted octanol–water partition coefficient (Wildman–Crippen LogP) is 5.55. The van der Waals surface area contributed by atoms with Crippen molar-refractivity contribution in [3.8, 4) is 0 Å². The molecule has 1 N–H and O–H groups in total. The summed E-state index contributed by atoms with van der Waals surface area (Å²) in [5, 5.41) is 17.7. The number of rotatable bonds is 8. The molecule has 1 saturated heterocycles. The first-order valence-electron chi connectivity index (χ1n) is 12.7. The quantitative estimate of drug-likeness (QED) is 0.438. The van der Waals surface area contributed by atoms with Gasteiger partial charge in [-0.2, -0.15) is 15.3 Å². The van der Waals surface area contributed by atoms with Crippen molar-refractivity contribution in [2.75, 3.05) is 20.3 Å². The van der Waals surface area contributed by atoms with Gasteiger partial charge in [0, 0.05) is 61.9 Å². The van der Waals surface area contributed by atoms with Crippen LogP contribution in [-0.4, -0.2) is 41.2 Å². The van der Waals surface area contributed by atoms with Gasteiger partial charge in [0.05, 0.1) is 11.7 Å². The molecule has 2 aromatic heterocycles. The molecule has 4 heterocycles. The highest BCUT2D eigenvalue weighted by Gasteiger charge is 2.19. The normalized spacial score (nSPS) is 20.9. The van der Waals surface area contributed by atoms with E-state index in [9.17, 15) is 0 Å². The van der Waals surface area contributed by atoms with Crippen LogP contribution in [0.1, 0.15) is 43.2 Å². The number of nitrogens with one attached hydrogen (secondary N) is 1. The number of dihydropyridines is 1. The largest absolute Gasteiger partial charge is 0.381 e. The van der Waals surface area contributed by atoms with E-state index < -0.39 is 0 Å². The molecule has 7 heteroatoms. The van der Waals surface area contributed by atoms with E-state index in [1.54, 1.807) is 7.05 Å². The van der Waals surface area contributed by atoms with Gasteiger partial charge >= 0.3 is 0 Å². The third-order valence-electron chi connectivity index (χ3n) is 6.99. The molecule has 0 bridgehead atoms. The first-order valence-corrected chi connectivity index (χ1v) is 12.7. The lowest BCUT2D eigenvalue weighted by Gasteiger charge is -2.21. The van der Waals surface area contributed by atoms with Crippen LogP contribution in [0.4, 0.5) is 0 Å².